The number of nitrogens with zero attached hydrogens (tertiary/aromatic N) is 3. The third-order valence-electron chi connectivity index (χ3n) is 2.53. The van der Waals surface area contributed by atoms with E-state index in [1.165, 1.54) is 0 Å². The molecule has 0 aromatic carbocycles. The van der Waals surface area contributed by atoms with Crippen LogP contribution >= 0.6 is 0 Å². The van der Waals surface area contributed by atoms with E-state index in [9.17, 15) is 4.79 Å². The zero-order chi connectivity index (χ0) is 13.5. The van der Waals surface area contributed by atoms with Crippen molar-refractivity contribution < 1.29 is 9.53 Å². The number of hydrogen-bond acceptors (Lipinski definition) is 5. The summed E-state index contributed by atoms with van der Waals surface area (Å²) in [5.41, 5.74) is 0. The minimum atomic E-state index is -0.371. The van der Waals surface area contributed by atoms with Gasteiger partial charge in [-0.25, -0.2) is 9.67 Å². The second-order valence-electron chi connectivity index (χ2n) is 4.15. The molecular weight excluding hydrogens is 232 g/mol. The van der Waals surface area contributed by atoms with Crippen LogP contribution in [0.4, 0.5) is 0 Å². The lowest BCUT2D eigenvalue weighted by molar-refractivity contribution is -0.146. The van der Waals surface area contributed by atoms with Crippen molar-refractivity contribution in [3.05, 3.63) is 11.6 Å². The van der Waals surface area contributed by atoms with Crippen LogP contribution < -0.4 is 5.32 Å². The lowest BCUT2D eigenvalue weighted by Crippen LogP contribution is -2.42. The normalized spacial score (nSPS) is 12.4. The van der Waals surface area contributed by atoms with E-state index in [4.69, 9.17) is 4.74 Å². The standard InChI is InChI=1S/C12H22N4O2/c1-5-7-13-11(12(17)18-6-2)8-16-10(4)14-9(3)15-16/h11,13H,5-8H2,1-4H3. The van der Waals surface area contributed by atoms with Crippen molar-refractivity contribution in [1.82, 2.24) is 20.1 Å². The van der Waals surface area contributed by atoms with Crippen LogP contribution in [0.1, 0.15) is 31.9 Å². The van der Waals surface area contributed by atoms with Gasteiger partial charge in [0.15, 0.2) is 0 Å². The van der Waals surface area contributed by atoms with Crippen molar-refractivity contribution in [3.8, 4) is 0 Å². The van der Waals surface area contributed by atoms with Gasteiger partial charge in [0.1, 0.15) is 17.7 Å². The predicted molar refractivity (Wildman–Crippen MR) is 68.2 cm³/mol. The molecule has 0 saturated carbocycles. The molecule has 1 N–H and O–H groups in total. The van der Waals surface area contributed by atoms with Gasteiger partial charge in [-0.1, -0.05) is 6.92 Å². The highest BCUT2D eigenvalue weighted by Crippen LogP contribution is 2.00. The highest BCUT2D eigenvalue weighted by atomic mass is 16.5. The van der Waals surface area contributed by atoms with Crippen molar-refractivity contribution in [3.63, 3.8) is 0 Å². The van der Waals surface area contributed by atoms with Gasteiger partial charge >= 0.3 is 5.97 Å². The summed E-state index contributed by atoms with van der Waals surface area (Å²) in [4.78, 5) is 16.0. The van der Waals surface area contributed by atoms with Gasteiger partial charge < -0.3 is 10.1 Å². The molecule has 18 heavy (non-hydrogen) atoms. The number of nitrogens with one attached hydrogen (secondary N) is 1. The first kappa shape index (κ1) is 14.6. The molecule has 1 unspecified atom stereocenters. The quantitative estimate of drug-likeness (QED) is 0.730. The highest BCUT2D eigenvalue weighted by Gasteiger charge is 2.20. The minimum absolute atomic E-state index is 0.237. The lowest BCUT2D eigenvalue weighted by atomic mass is 10.3. The molecule has 1 atom stereocenters. The monoisotopic (exact) mass is 254 g/mol. The average molecular weight is 254 g/mol. The fourth-order valence-corrected chi connectivity index (χ4v) is 1.69. The van der Waals surface area contributed by atoms with E-state index in [0.29, 0.717) is 19.0 Å². The first-order valence-electron chi connectivity index (χ1n) is 6.36. The summed E-state index contributed by atoms with van der Waals surface area (Å²) in [6.45, 7) is 9.18. The summed E-state index contributed by atoms with van der Waals surface area (Å²) in [6.07, 6.45) is 0.964. The summed E-state index contributed by atoms with van der Waals surface area (Å²) in [5.74, 6) is 1.28. The molecule has 1 aromatic heterocycles. The Morgan fingerprint density at radius 2 is 2.17 bits per heavy atom. The first-order valence-corrected chi connectivity index (χ1v) is 6.36. The van der Waals surface area contributed by atoms with Crippen molar-refractivity contribution in [2.24, 2.45) is 0 Å². The van der Waals surface area contributed by atoms with Crippen LogP contribution in [-0.2, 0) is 16.1 Å². The predicted octanol–water partition coefficient (Wildman–Crippen LogP) is 0.826. The van der Waals surface area contributed by atoms with Crippen LogP contribution in [0.15, 0.2) is 0 Å². The third-order valence-corrected chi connectivity index (χ3v) is 2.53. The summed E-state index contributed by atoms with van der Waals surface area (Å²) in [6, 6.07) is -0.371. The molecular formula is C12H22N4O2. The summed E-state index contributed by atoms with van der Waals surface area (Å²) < 4.78 is 6.79. The Hall–Kier alpha value is -1.43. The van der Waals surface area contributed by atoms with E-state index in [1.54, 1.807) is 11.6 Å². The Morgan fingerprint density at radius 1 is 1.44 bits per heavy atom. The molecule has 102 valence electrons. The molecule has 0 aliphatic carbocycles. The van der Waals surface area contributed by atoms with Crippen molar-refractivity contribution in [2.45, 2.75) is 46.7 Å². The Labute approximate surface area is 108 Å². The molecule has 0 aliphatic rings. The number of ether oxygens (including phenoxy) is 1. The maximum atomic E-state index is 11.8. The fourth-order valence-electron chi connectivity index (χ4n) is 1.69. The topological polar surface area (TPSA) is 69.0 Å². The van der Waals surface area contributed by atoms with E-state index in [1.807, 2.05) is 13.8 Å². The molecule has 0 aliphatic heterocycles. The van der Waals surface area contributed by atoms with Gasteiger partial charge in [0.25, 0.3) is 0 Å². The average Bonchev–Trinajstić information content (AvgIpc) is 2.63. The zero-order valence-electron chi connectivity index (χ0n) is 11.6. The molecule has 0 radical (unpaired) electrons. The van der Waals surface area contributed by atoms with E-state index < -0.39 is 0 Å². The molecule has 6 nitrogen and oxygen atoms in total. The first-order chi connectivity index (χ1) is 8.58. The molecule has 0 bridgehead atoms. The Balaban J connectivity index is 2.71. The number of esters is 1. The number of carbonyl (C=O) groups excluding carboxylic acids is 1. The maximum absolute atomic E-state index is 11.8. The Morgan fingerprint density at radius 3 is 2.67 bits per heavy atom. The SMILES string of the molecule is CCCNC(Cn1nc(C)nc1C)C(=O)OCC. The maximum Gasteiger partial charge on any atom is 0.325 e. The lowest BCUT2D eigenvalue weighted by Gasteiger charge is -2.17. The van der Waals surface area contributed by atoms with Gasteiger partial charge in [0.2, 0.25) is 0 Å². The van der Waals surface area contributed by atoms with Crippen LogP contribution in [0.25, 0.3) is 0 Å². The Bertz CT molecular complexity index is 389. The fraction of sp³-hybridized carbons (Fsp3) is 0.750. The van der Waals surface area contributed by atoms with Gasteiger partial charge in [-0.3, -0.25) is 4.79 Å². The Kier molecular flexibility index (Phi) is 5.77. The van der Waals surface area contributed by atoms with Gasteiger partial charge in [-0.2, -0.15) is 5.10 Å². The summed E-state index contributed by atoms with van der Waals surface area (Å²) >= 11 is 0. The highest BCUT2D eigenvalue weighted by molar-refractivity contribution is 5.75. The second-order valence-corrected chi connectivity index (χ2v) is 4.15. The third kappa shape index (κ3) is 4.10. The van der Waals surface area contributed by atoms with Crippen LogP contribution in [0, 0.1) is 13.8 Å². The number of aromatic nitrogens is 3. The van der Waals surface area contributed by atoms with E-state index in [0.717, 1.165) is 18.8 Å². The molecule has 0 amide bonds. The molecule has 6 heteroatoms. The van der Waals surface area contributed by atoms with Crippen molar-refractivity contribution in [1.29, 1.82) is 0 Å². The largest absolute Gasteiger partial charge is 0.465 e. The van der Waals surface area contributed by atoms with Gasteiger partial charge in [0, 0.05) is 0 Å². The molecule has 0 spiro atoms. The van der Waals surface area contributed by atoms with E-state index in [-0.39, 0.29) is 12.0 Å². The number of carbonyl (C=O) groups is 1. The van der Waals surface area contributed by atoms with Crippen LogP contribution in [0.5, 0.6) is 0 Å². The summed E-state index contributed by atoms with van der Waals surface area (Å²) in [7, 11) is 0. The second kappa shape index (κ2) is 7.10. The molecule has 0 saturated heterocycles. The van der Waals surface area contributed by atoms with Crippen LogP contribution in [-0.4, -0.2) is 39.9 Å². The molecule has 1 aromatic rings. The minimum Gasteiger partial charge on any atom is -0.465 e. The van der Waals surface area contributed by atoms with Gasteiger partial charge in [0.05, 0.1) is 13.2 Å². The molecule has 1 rings (SSSR count). The summed E-state index contributed by atoms with van der Waals surface area (Å²) in [5, 5.41) is 7.43. The number of rotatable bonds is 7. The molecule has 0 fully saturated rings. The van der Waals surface area contributed by atoms with Crippen molar-refractivity contribution >= 4 is 5.97 Å². The van der Waals surface area contributed by atoms with Crippen LogP contribution in [0.3, 0.4) is 0 Å². The van der Waals surface area contributed by atoms with Crippen LogP contribution in [0.2, 0.25) is 0 Å². The smallest absolute Gasteiger partial charge is 0.325 e. The van der Waals surface area contributed by atoms with E-state index >= 15 is 0 Å². The number of hydrogen-bond donors (Lipinski definition) is 1. The molecule has 1 heterocycles. The van der Waals surface area contributed by atoms with Crippen molar-refractivity contribution in [2.75, 3.05) is 13.2 Å². The van der Waals surface area contributed by atoms with Gasteiger partial charge in [-0.05, 0) is 33.7 Å². The van der Waals surface area contributed by atoms with Gasteiger partial charge in [-0.15, -0.1) is 0 Å². The number of aryl methyl sites for hydroxylation is 2. The zero-order valence-corrected chi connectivity index (χ0v) is 11.6. The van der Waals surface area contributed by atoms with E-state index in [2.05, 4.69) is 22.3 Å².